The van der Waals surface area contributed by atoms with Crippen LogP contribution in [0.15, 0.2) is 53.3 Å². The number of aromatic amines is 1. The van der Waals surface area contributed by atoms with Gasteiger partial charge in [-0.1, -0.05) is 36.4 Å². The molecule has 1 heterocycles. The molecule has 0 spiro atoms. The van der Waals surface area contributed by atoms with Gasteiger partial charge in [-0.3, -0.25) is 4.79 Å². The normalized spacial score (nSPS) is 12.0. The molecule has 0 aliphatic rings. The van der Waals surface area contributed by atoms with Gasteiger partial charge in [-0.15, -0.1) is 0 Å². The third-order valence-electron chi connectivity index (χ3n) is 5.26. The van der Waals surface area contributed by atoms with Crippen LogP contribution in [0.2, 0.25) is 0 Å². The minimum absolute atomic E-state index is 0.0374. The van der Waals surface area contributed by atoms with E-state index in [1.165, 1.54) is 0 Å². The van der Waals surface area contributed by atoms with Crippen molar-refractivity contribution in [3.8, 4) is 0 Å². The van der Waals surface area contributed by atoms with Crippen molar-refractivity contribution in [3.05, 3.63) is 81.1 Å². The molecule has 0 saturated heterocycles. The smallest absolute Gasteiger partial charge is 0.253 e. The Hall–Kier alpha value is -2.70. The predicted octanol–water partition coefficient (Wildman–Crippen LogP) is 3.97. The van der Waals surface area contributed by atoms with Crippen molar-refractivity contribution in [1.82, 2.24) is 15.2 Å². The second kappa shape index (κ2) is 9.87. The number of hydrogen-bond acceptors (Lipinski definition) is 3. The van der Waals surface area contributed by atoms with E-state index in [4.69, 9.17) is 12.2 Å². The van der Waals surface area contributed by atoms with Crippen LogP contribution in [0.4, 0.5) is 0 Å². The molecule has 6 heteroatoms. The van der Waals surface area contributed by atoms with Gasteiger partial charge in [0.2, 0.25) is 0 Å². The topological polar surface area (TPSA) is 68.4 Å². The Morgan fingerprint density at radius 1 is 1.20 bits per heavy atom. The molecule has 3 aromatic rings. The molecular formula is C24H29N3O2S. The molecule has 0 radical (unpaired) electrons. The number of hydrogen-bond donors (Lipinski definition) is 3. The molecule has 1 atom stereocenters. The number of rotatable bonds is 7. The van der Waals surface area contributed by atoms with Crippen LogP contribution in [-0.2, 0) is 6.54 Å². The number of benzene rings is 2. The number of nitrogens with zero attached hydrogens (tertiary/aromatic N) is 1. The first kappa shape index (κ1) is 22.0. The van der Waals surface area contributed by atoms with E-state index >= 15 is 0 Å². The number of pyridine rings is 1. The quantitative estimate of drug-likeness (QED) is 0.502. The highest BCUT2D eigenvalue weighted by molar-refractivity contribution is 7.80. The van der Waals surface area contributed by atoms with E-state index < -0.39 is 0 Å². The Kier molecular flexibility index (Phi) is 7.24. The number of aliphatic hydroxyl groups is 1. The SMILES string of the molecule is Cc1cc(C)c2cc(CN(CCCO)C(=S)NC(C)c3ccccc3)c(=O)[nH]c2c1. The van der Waals surface area contributed by atoms with Gasteiger partial charge in [0.05, 0.1) is 12.6 Å². The van der Waals surface area contributed by atoms with Crippen molar-refractivity contribution in [2.45, 2.75) is 39.8 Å². The van der Waals surface area contributed by atoms with Crippen molar-refractivity contribution in [2.24, 2.45) is 0 Å². The molecule has 3 N–H and O–H groups in total. The average Bonchev–Trinajstić information content (AvgIpc) is 2.72. The van der Waals surface area contributed by atoms with Gasteiger partial charge in [0.15, 0.2) is 5.11 Å². The maximum atomic E-state index is 12.7. The maximum absolute atomic E-state index is 12.7. The zero-order valence-electron chi connectivity index (χ0n) is 17.7. The van der Waals surface area contributed by atoms with E-state index in [2.05, 4.69) is 42.3 Å². The van der Waals surface area contributed by atoms with Crippen LogP contribution < -0.4 is 10.9 Å². The second-order valence-corrected chi connectivity index (χ2v) is 8.13. The van der Waals surface area contributed by atoms with Crippen molar-refractivity contribution < 1.29 is 5.11 Å². The molecule has 30 heavy (non-hydrogen) atoms. The Morgan fingerprint density at radius 2 is 1.93 bits per heavy atom. The van der Waals surface area contributed by atoms with Gasteiger partial charge >= 0.3 is 0 Å². The summed E-state index contributed by atoms with van der Waals surface area (Å²) in [6, 6.07) is 16.2. The van der Waals surface area contributed by atoms with E-state index in [1.807, 2.05) is 42.2 Å². The molecule has 0 bridgehead atoms. The molecule has 0 amide bonds. The molecule has 158 valence electrons. The van der Waals surface area contributed by atoms with E-state index in [0.717, 1.165) is 27.6 Å². The fourth-order valence-corrected chi connectivity index (χ4v) is 3.99. The lowest BCUT2D eigenvalue weighted by Crippen LogP contribution is -2.42. The first-order chi connectivity index (χ1) is 14.4. The Bertz CT molecular complexity index is 1080. The third-order valence-corrected chi connectivity index (χ3v) is 5.64. The zero-order valence-corrected chi connectivity index (χ0v) is 18.6. The summed E-state index contributed by atoms with van der Waals surface area (Å²) in [5.41, 5.74) is 4.78. The zero-order chi connectivity index (χ0) is 21.7. The number of fused-ring (bicyclic) bond motifs is 1. The molecule has 0 saturated carbocycles. The fraction of sp³-hybridized carbons (Fsp3) is 0.333. The summed E-state index contributed by atoms with van der Waals surface area (Å²) in [7, 11) is 0. The van der Waals surface area contributed by atoms with Crippen LogP contribution in [0.5, 0.6) is 0 Å². The number of nitrogens with one attached hydrogen (secondary N) is 2. The molecule has 0 fully saturated rings. The summed E-state index contributed by atoms with van der Waals surface area (Å²) in [5.74, 6) is 0. The summed E-state index contributed by atoms with van der Waals surface area (Å²) in [6.45, 7) is 7.14. The van der Waals surface area contributed by atoms with E-state index in [9.17, 15) is 9.90 Å². The molecule has 2 aromatic carbocycles. The van der Waals surface area contributed by atoms with Crippen LogP contribution in [0, 0.1) is 13.8 Å². The highest BCUT2D eigenvalue weighted by Crippen LogP contribution is 2.19. The average molecular weight is 424 g/mol. The standard InChI is InChI=1S/C24H29N3O2S/c1-16-12-17(2)21-14-20(23(29)26-22(21)13-16)15-27(10-7-11-28)24(30)25-18(3)19-8-5-4-6-9-19/h4-6,8-9,12-14,18,28H,7,10-11,15H2,1-3H3,(H,25,30)(H,26,29). The minimum atomic E-state index is -0.111. The Morgan fingerprint density at radius 3 is 2.63 bits per heavy atom. The van der Waals surface area contributed by atoms with Gasteiger partial charge in [0, 0.05) is 29.6 Å². The van der Waals surface area contributed by atoms with Crippen LogP contribution in [0.1, 0.15) is 41.6 Å². The van der Waals surface area contributed by atoms with Gasteiger partial charge in [-0.05, 0) is 68.2 Å². The molecule has 1 unspecified atom stereocenters. The summed E-state index contributed by atoms with van der Waals surface area (Å²) in [4.78, 5) is 17.7. The van der Waals surface area contributed by atoms with E-state index in [0.29, 0.717) is 30.2 Å². The predicted molar refractivity (Wildman–Crippen MR) is 127 cm³/mol. The highest BCUT2D eigenvalue weighted by Gasteiger charge is 2.16. The van der Waals surface area contributed by atoms with Gasteiger partial charge in [-0.25, -0.2) is 0 Å². The molecule has 0 aliphatic heterocycles. The van der Waals surface area contributed by atoms with Gasteiger partial charge < -0.3 is 20.3 Å². The number of aromatic nitrogens is 1. The molecule has 5 nitrogen and oxygen atoms in total. The van der Waals surface area contributed by atoms with Crippen molar-refractivity contribution in [2.75, 3.05) is 13.2 Å². The van der Waals surface area contributed by atoms with Gasteiger partial charge in [0.1, 0.15) is 0 Å². The lowest BCUT2D eigenvalue weighted by Gasteiger charge is -2.28. The third kappa shape index (κ3) is 5.26. The first-order valence-corrected chi connectivity index (χ1v) is 10.6. The molecule has 1 aromatic heterocycles. The molecule has 3 rings (SSSR count). The van der Waals surface area contributed by atoms with Crippen LogP contribution in [0.3, 0.4) is 0 Å². The van der Waals surface area contributed by atoms with Crippen LogP contribution >= 0.6 is 12.2 Å². The van der Waals surface area contributed by atoms with Crippen molar-refractivity contribution >= 4 is 28.2 Å². The van der Waals surface area contributed by atoms with Crippen LogP contribution in [-0.4, -0.2) is 33.3 Å². The fourth-order valence-electron chi connectivity index (χ4n) is 3.65. The second-order valence-electron chi connectivity index (χ2n) is 7.75. The molecular weight excluding hydrogens is 394 g/mol. The minimum Gasteiger partial charge on any atom is -0.396 e. The number of H-pyrrole nitrogens is 1. The van der Waals surface area contributed by atoms with Crippen LogP contribution in [0.25, 0.3) is 10.9 Å². The number of aryl methyl sites for hydroxylation is 2. The number of aliphatic hydroxyl groups excluding tert-OH is 1. The molecule has 0 aliphatic carbocycles. The lowest BCUT2D eigenvalue weighted by atomic mass is 10.0. The monoisotopic (exact) mass is 423 g/mol. The Labute approximate surface area is 182 Å². The lowest BCUT2D eigenvalue weighted by molar-refractivity contribution is 0.263. The summed E-state index contributed by atoms with van der Waals surface area (Å²) in [5, 5.41) is 14.3. The van der Waals surface area contributed by atoms with Crippen molar-refractivity contribution in [1.29, 1.82) is 0 Å². The number of thiocarbonyl (C=S) groups is 1. The summed E-state index contributed by atoms with van der Waals surface area (Å²) in [6.07, 6.45) is 0.575. The summed E-state index contributed by atoms with van der Waals surface area (Å²) < 4.78 is 0. The first-order valence-electron chi connectivity index (χ1n) is 10.2. The maximum Gasteiger partial charge on any atom is 0.253 e. The van der Waals surface area contributed by atoms with E-state index in [1.54, 1.807) is 0 Å². The largest absolute Gasteiger partial charge is 0.396 e. The van der Waals surface area contributed by atoms with Gasteiger partial charge in [-0.2, -0.15) is 0 Å². The van der Waals surface area contributed by atoms with Gasteiger partial charge in [0.25, 0.3) is 5.56 Å². The van der Waals surface area contributed by atoms with E-state index in [-0.39, 0.29) is 18.2 Å². The Balaban J connectivity index is 1.84. The highest BCUT2D eigenvalue weighted by atomic mass is 32.1. The van der Waals surface area contributed by atoms with Crippen molar-refractivity contribution in [3.63, 3.8) is 0 Å². The summed E-state index contributed by atoms with van der Waals surface area (Å²) >= 11 is 5.67.